The zero-order chi connectivity index (χ0) is 30.3. The van der Waals surface area contributed by atoms with Gasteiger partial charge in [0, 0.05) is 27.9 Å². The molecule has 13 nitrogen and oxygen atoms in total. The molecule has 0 spiro atoms. The average Bonchev–Trinajstić information content (AvgIpc) is 3.70. The standard InChI is InChI=1S/C29H29ClN8O5/c1-43-27(40)13-17-6-9-20-23(12-17)33-22(29(41)42)5-3-2-4-21(28-31-15-24(20)35-28)34-26(39)11-7-18-14-19(30)8-10-25(18)38-16-32-36-37-38/h6-12,14-16,21-22,33H,2-5,13H2,1H3,(H,31,35)(H,34,39)(H,41,42)/b11-7+/t21-,22+/m0/s1. The van der Waals surface area contributed by atoms with E-state index in [9.17, 15) is 19.5 Å². The van der Waals surface area contributed by atoms with Gasteiger partial charge in [-0.3, -0.25) is 9.59 Å². The number of carbonyl (C=O) groups excluding carboxylic acids is 2. The second-order valence-corrected chi connectivity index (χ2v) is 10.4. The number of aromatic amines is 1. The summed E-state index contributed by atoms with van der Waals surface area (Å²) in [6.45, 7) is 0. The zero-order valence-electron chi connectivity index (χ0n) is 23.2. The van der Waals surface area contributed by atoms with Crippen molar-refractivity contribution in [2.24, 2.45) is 0 Å². The van der Waals surface area contributed by atoms with Gasteiger partial charge in [-0.05, 0) is 59.2 Å². The van der Waals surface area contributed by atoms with E-state index in [1.165, 1.54) is 24.2 Å². The normalized spacial score (nSPS) is 16.8. The molecule has 0 radical (unpaired) electrons. The number of carboxylic acids is 1. The maximum Gasteiger partial charge on any atom is 0.326 e. The maximum atomic E-state index is 13.1. The van der Waals surface area contributed by atoms with Crippen LogP contribution in [0.4, 0.5) is 5.69 Å². The Morgan fingerprint density at radius 1 is 1.19 bits per heavy atom. The lowest BCUT2D eigenvalue weighted by Gasteiger charge is -2.21. The van der Waals surface area contributed by atoms with E-state index in [-0.39, 0.29) is 12.3 Å². The Morgan fingerprint density at radius 3 is 2.79 bits per heavy atom. The first-order valence-electron chi connectivity index (χ1n) is 13.6. The van der Waals surface area contributed by atoms with Crippen molar-refractivity contribution in [2.45, 2.75) is 44.2 Å². The first-order valence-corrected chi connectivity index (χ1v) is 13.9. The zero-order valence-corrected chi connectivity index (χ0v) is 23.9. The summed E-state index contributed by atoms with van der Waals surface area (Å²) in [7, 11) is 1.32. The summed E-state index contributed by atoms with van der Waals surface area (Å²) in [5.41, 5.74) is 3.83. The molecule has 0 aliphatic carbocycles. The van der Waals surface area contributed by atoms with Gasteiger partial charge in [0.25, 0.3) is 0 Å². The van der Waals surface area contributed by atoms with Crippen LogP contribution in [0.25, 0.3) is 23.0 Å². The number of fused-ring (bicyclic) bond motifs is 4. The van der Waals surface area contributed by atoms with Crippen LogP contribution in [0.1, 0.15) is 48.7 Å². The minimum absolute atomic E-state index is 0.0471. The van der Waals surface area contributed by atoms with Gasteiger partial charge in [-0.1, -0.05) is 36.6 Å². The van der Waals surface area contributed by atoms with Crippen LogP contribution in [-0.2, 0) is 25.5 Å². The van der Waals surface area contributed by atoms with Gasteiger partial charge in [-0.15, -0.1) is 5.10 Å². The number of ether oxygens (including phenoxy) is 1. The Kier molecular flexibility index (Phi) is 9.11. The van der Waals surface area contributed by atoms with Gasteiger partial charge in [0.2, 0.25) is 5.91 Å². The van der Waals surface area contributed by atoms with Gasteiger partial charge >= 0.3 is 11.9 Å². The number of carboxylic acid groups (broad SMARTS) is 1. The third kappa shape index (κ3) is 7.25. The molecule has 2 aromatic heterocycles. The molecule has 3 heterocycles. The molecule has 4 N–H and O–H groups in total. The number of halogens is 1. The number of imidazole rings is 1. The molecule has 1 aliphatic heterocycles. The molecule has 14 heteroatoms. The minimum Gasteiger partial charge on any atom is -0.480 e. The number of hydrogen-bond donors (Lipinski definition) is 4. The Bertz CT molecular complexity index is 1650. The summed E-state index contributed by atoms with van der Waals surface area (Å²) in [5.74, 6) is -1.17. The number of benzene rings is 2. The van der Waals surface area contributed by atoms with Crippen LogP contribution in [0, 0.1) is 0 Å². The third-order valence-corrected chi connectivity index (χ3v) is 7.29. The molecule has 0 saturated carbocycles. The number of anilines is 1. The number of aliphatic carboxylic acids is 1. The van der Waals surface area contributed by atoms with Crippen molar-refractivity contribution in [3.8, 4) is 16.9 Å². The quantitative estimate of drug-likeness (QED) is 0.179. The highest BCUT2D eigenvalue weighted by molar-refractivity contribution is 6.30. The Hall–Kier alpha value is -5.04. The first kappa shape index (κ1) is 29.5. The van der Waals surface area contributed by atoms with E-state index in [0.717, 1.165) is 0 Å². The number of nitrogens with one attached hydrogen (secondary N) is 3. The summed E-state index contributed by atoms with van der Waals surface area (Å²) in [4.78, 5) is 44.9. The largest absolute Gasteiger partial charge is 0.480 e. The van der Waals surface area contributed by atoms with Gasteiger partial charge in [-0.2, -0.15) is 4.68 Å². The van der Waals surface area contributed by atoms with Crippen molar-refractivity contribution in [3.63, 3.8) is 0 Å². The molecule has 4 aromatic rings. The molecular weight excluding hydrogens is 576 g/mol. The highest BCUT2D eigenvalue weighted by Gasteiger charge is 2.23. The number of methoxy groups -OCH3 is 1. The van der Waals surface area contributed by atoms with Crippen LogP contribution in [0.15, 0.2) is 55.0 Å². The van der Waals surface area contributed by atoms with Crippen LogP contribution >= 0.6 is 11.6 Å². The molecule has 0 fully saturated rings. The summed E-state index contributed by atoms with van der Waals surface area (Å²) in [5, 5.41) is 27.8. The predicted molar refractivity (Wildman–Crippen MR) is 157 cm³/mol. The van der Waals surface area contributed by atoms with E-state index in [1.54, 1.807) is 48.7 Å². The summed E-state index contributed by atoms with van der Waals surface area (Å²) in [6.07, 6.45) is 8.31. The third-order valence-electron chi connectivity index (χ3n) is 7.06. The Morgan fingerprint density at radius 2 is 2.02 bits per heavy atom. The van der Waals surface area contributed by atoms with Gasteiger partial charge in [0.05, 0.1) is 37.2 Å². The topological polar surface area (TPSA) is 177 Å². The minimum atomic E-state index is -0.983. The molecule has 43 heavy (non-hydrogen) atoms. The number of hydrogen-bond acceptors (Lipinski definition) is 9. The SMILES string of the molecule is COC(=O)Cc1ccc2c(c1)N[C@@H](C(=O)O)CCCC[C@H](NC(=O)/C=C/c1cc(Cl)ccc1-n1cnnn1)c1ncc-2[nH]1. The van der Waals surface area contributed by atoms with E-state index in [2.05, 4.69) is 36.1 Å². The van der Waals surface area contributed by atoms with E-state index in [4.69, 9.17) is 16.3 Å². The van der Waals surface area contributed by atoms with Crippen molar-refractivity contribution in [2.75, 3.05) is 12.4 Å². The highest BCUT2D eigenvalue weighted by atomic mass is 35.5. The Labute approximate surface area is 251 Å². The number of amides is 1. The smallest absolute Gasteiger partial charge is 0.326 e. The van der Waals surface area contributed by atoms with Crippen LogP contribution in [0.5, 0.6) is 0 Å². The van der Waals surface area contributed by atoms with Crippen LogP contribution < -0.4 is 10.6 Å². The lowest BCUT2D eigenvalue weighted by molar-refractivity contribution is -0.140. The lowest BCUT2D eigenvalue weighted by Crippen LogP contribution is -2.30. The van der Waals surface area contributed by atoms with E-state index >= 15 is 0 Å². The molecule has 0 saturated heterocycles. The first-order chi connectivity index (χ1) is 20.8. The summed E-state index contributed by atoms with van der Waals surface area (Å²) >= 11 is 6.20. The Balaban J connectivity index is 1.41. The molecule has 2 atom stereocenters. The fourth-order valence-corrected chi connectivity index (χ4v) is 5.07. The summed E-state index contributed by atoms with van der Waals surface area (Å²) < 4.78 is 6.26. The highest BCUT2D eigenvalue weighted by Crippen LogP contribution is 2.32. The van der Waals surface area contributed by atoms with E-state index < -0.39 is 24.0 Å². The number of aromatic nitrogens is 6. The van der Waals surface area contributed by atoms with Crippen molar-refractivity contribution in [1.82, 2.24) is 35.5 Å². The van der Waals surface area contributed by atoms with E-state index in [0.29, 0.717) is 70.3 Å². The van der Waals surface area contributed by atoms with Crippen molar-refractivity contribution < 1.29 is 24.2 Å². The van der Waals surface area contributed by atoms with Gasteiger partial charge in [0.1, 0.15) is 18.2 Å². The van der Waals surface area contributed by atoms with Crippen molar-refractivity contribution in [1.29, 1.82) is 0 Å². The molecular formula is C29H29ClN8O5. The molecule has 2 aromatic carbocycles. The van der Waals surface area contributed by atoms with Gasteiger partial charge in [0.15, 0.2) is 0 Å². The molecule has 5 rings (SSSR count). The number of nitrogens with zero attached hydrogens (tertiary/aromatic N) is 5. The fourth-order valence-electron chi connectivity index (χ4n) is 4.89. The number of tetrazole rings is 1. The number of rotatable bonds is 7. The predicted octanol–water partition coefficient (Wildman–Crippen LogP) is 3.73. The van der Waals surface area contributed by atoms with Crippen LogP contribution in [0.2, 0.25) is 5.02 Å². The van der Waals surface area contributed by atoms with Crippen LogP contribution in [0.3, 0.4) is 0 Å². The number of carbonyl (C=O) groups is 3. The second kappa shape index (κ2) is 13.3. The summed E-state index contributed by atoms with van der Waals surface area (Å²) in [6, 6.07) is 9.19. The molecule has 222 valence electrons. The lowest BCUT2D eigenvalue weighted by atomic mass is 10.0. The van der Waals surface area contributed by atoms with E-state index in [1.807, 2.05) is 0 Å². The number of H-pyrrole nitrogens is 1. The average molecular weight is 605 g/mol. The molecule has 1 aliphatic rings. The van der Waals surface area contributed by atoms with Gasteiger partial charge < -0.3 is 25.5 Å². The molecule has 2 bridgehead atoms. The maximum absolute atomic E-state index is 13.1. The van der Waals surface area contributed by atoms with Crippen molar-refractivity contribution in [3.05, 3.63) is 77.0 Å². The second-order valence-electron chi connectivity index (χ2n) is 9.99. The fraction of sp³-hybridized carbons (Fsp3) is 0.276. The molecule has 0 unspecified atom stereocenters. The monoisotopic (exact) mass is 604 g/mol. The van der Waals surface area contributed by atoms with Crippen molar-refractivity contribution >= 4 is 41.2 Å². The van der Waals surface area contributed by atoms with Crippen LogP contribution in [-0.4, -0.2) is 66.3 Å². The number of esters is 1. The molecule has 1 amide bonds. The van der Waals surface area contributed by atoms with Gasteiger partial charge in [-0.25, -0.2) is 9.78 Å².